The van der Waals surface area contributed by atoms with Crippen molar-refractivity contribution in [2.24, 2.45) is 5.73 Å². The van der Waals surface area contributed by atoms with Crippen molar-refractivity contribution in [3.63, 3.8) is 0 Å². The van der Waals surface area contributed by atoms with Gasteiger partial charge in [0.2, 0.25) is 0 Å². The van der Waals surface area contributed by atoms with Gasteiger partial charge in [0.25, 0.3) is 0 Å². The molecule has 1 aromatic rings. The van der Waals surface area contributed by atoms with E-state index >= 15 is 0 Å². The maximum Gasteiger partial charge on any atom is 0.105 e. The Bertz CT molecular complexity index is 227. The Hall–Kier alpha value is -0.760. The van der Waals surface area contributed by atoms with Crippen LogP contribution in [-0.4, -0.2) is 6.04 Å². The molecule has 1 rings (SSSR count). The highest BCUT2D eigenvalue weighted by molar-refractivity contribution is 5.08. The van der Waals surface area contributed by atoms with Gasteiger partial charge in [0, 0.05) is 18.9 Å². The lowest BCUT2D eigenvalue weighted by Gasteiger charge is -2.00. The molecule has 1 heterocycles. The molecular formula is C10H17NO. The van der Waals surface area contributed by atoms with E-state index in [1.54, 1.807) is 0 Å². The highest BCUT2D eigenvalue weighted by Crippen LogP contribution is 2.11. The average molecular weight is 167 g/mol. The topological polar surface area (TPSA) is 39.2 Å². The summed E-state index contributed by atoms with van der Waals surface area (Å²) in [6, 6.07) is 4.25. The number of furan rings is 1. The molecule has 1 unspecified atom stereocenters. The van der Waals surface area contributed by atoms with Crippen LogP contribution in [0.25, 0.3) is 0 Å². The summed E-state index contributed by atoms with van der Waals surface area (Å²) in [7, 11) is 0. The molecule has 2 N–H and O–H groups in total. The van der Waals surface area contributed by atoms with Crippen molar-refractivity contribution in [3.8, 4) is 0 Å². The summed E-state index contributed by atoms with van der Waals surface area (Å²) in [4.78, 5) is 0. The van der Waals surface area contributed by atoms with Crippen LogP contribution in [0.5, 0.6) is 0 Å². The first-order chi connectivity index (χ1) is 5.72. The van der Waals surface area contributed by atoms with Gasteiger partial charge in [-0.1, -0.05) is 6.92 Å². The molecule has 0 aliphatic carbocycles. The summed E-state index contributed by atoms with van der Waals surface area (Å²) >= 11 is 0. The van der Waals surface area contributed by atoms with Crippen LogP contribution in [0.2, 0.25) is 0 Å². The number of hydrogen-bond donors (Lipinski definition) is 1. The lowest BCUT2D eigenvalue weighted by atomic mass is 10.2. The summed E-state index contributed by atoms with van der Waals surface area (Å²) in [5, 5.41) is 0. The van der Waals surface area contributed by atoms with Crippen LogP contribution in [0.15, 0.2) is 16.5 Å². The molecule has 0 aliphatic heterocycles. The second-order valence-electron chi connectivity index (χ2n) is 3.30. The maximum absolute atomic E-state index is 5.65. The fourth-order valence-corrected chi connectivity index (χ4v) is 1.23. The predicted octanol–water partition coefficient (Wildman–Crippen LogP) is 2.12. The molecule has 12 heavy (non-hydrogen) atoms. The third-order valence-corrected chi connectivity index (χ3v) is 1.74. The molecule has 68 valence electrons. The molecule has 0 amide bonds. The minimum Gasteiger partial charge on any atom is -0.466 e. The SMILES string of the molecule is CCCc1ccc(CC(C)N)o1. The minimum absolute atomic E-state index is 0.186. The lowest BCUT2D eigenvalue weighted by Crippen LogP contribution is -2.17. The Kier molecular flexibility index (Phi) is 3.35. The van der Waals surface area contributed by atoms with E-state index < -0.39 is 0 Å². The molecule has 1 aromatic heterocycles. The highest BCUT2D eigenvalue weighted by Gasteiger charge is 2.03. The zero-order valence-electron chi connectivity index (χ0n) is 7.84. The second kappa shape index (κ2) is 4.31. The number of hydrogen-bond acceptors (Lipinski definition) is 2. The van der Waals surface area contributed by atoms with Crippen molar-refractivity contribution >= 4 is 0 Å². The van der Waals surface area contributed by atoms with Crippen molar-refractivity contribution in [2.75, 3.05) is 0 Å². The lowest BCUT2D eigenvalue weighted by molar-refractivity contribution is 0.451. The van der Waals surface area contributed by atoms with E-state index in [2.05, 4.69) is 6.92 Å². The van der Waals surface area contributed by atoms with Gasteiger partial charge < -0.3 is 10.2 Å². The van der Waals surface area contributed by atoms with Crippen molar-refractivity contribution in [1.29, 1.82) is 0 Å². The number of rotatable bonds is 4. The van der Waals surface area contributed by atoms with Gasteiger partial charge in [-0.05, 0) is 25.5 Å². The molecule has 2 heteroatoms. The summed E-state index contributed by atoms with van der Waals surface area (Å²) in [6.07, 6.45) is 2.99. The molecule has 0 saturated heterocycles. The Balaban J connectivity index is 2.52. The van der Waals surface area contributed by atoms with E-state index in [0.29, 0.717) is 0 Å². The third-order valence-electron chi connectivity index (χ3n) is 1.74. The molecular weight excluding hydrogens is 150 g/mol. The van der Waals surface area contributed by atoms with Gasteiger partial charge in [-0.15, -0.1) is 0 Å². The fourth-order valence-electron chi connectivity index (χ4n) is 1.23. The van der Waals surface area contributed by atoms with Crippen LogP contribution in [0.1, 0.15) is 31.8 Å². The van der Waals surface area contributed by atoms with Gasteiger partial charge in [0.05, 0.1) is 0 Å². The Morgan fingerprint density at radius 3 is 2.67 bits per heavy atom. The molecule has 0 spiro atoms. The van der Waals surface area contributed by atoms with Crippen LogP contribution in [0.3, 0.4) is 0 Å². The van der Waals surface area contributed by atoms with E-state index in [9.17, 15) is 0 Å². The molecule has 1 atom stereocenters. The Morgan fingerprint density at radius 2 is 2.08 bits per heavy atom. The van der Waals surface area contributed by atoms with Crippen LogP contribution in [0, 0.1) is 0 Å². The van der Waals surface area contributed by atoms with E-state index in [1.165, 1.54) is 0 Å². The van der Waals surface area contributed by atoms with Crippen LogP contribution in [0.4, 0.5) is 0 Å². The van der Waals surface area contributed by atoms with E-state index in [1.807, 2.05) is 19.1 Å². The minimum atomic E-state index is 0.186. The van der Waals surface area contributed by atoms with Gasteiger partial charge in [-0.25, -0.2) is 0 Å². The predicted molar refractivity (Wildman–Crippen MR) is 50.1 cm³/mol. The molecule has 0 radical (unpaired) electrons. The van der Waals surface area contributed by atoms with Gasteiger partial charge in [-0.3, -0.25) is 0 Å². The quantitative estimate of drug-likeness (QED) is 0.746. The number of nitrogens with two attached hydrogens (primary N) is 1. The van der Waals surface area contributed by atoms with Crippen molar-refractivity contribution in [2.45, 2.75) is 39.2 Å². The van der Waals surface area contributed by atoms with Crippen LogP contribution < -0.4 is 5.73 Å². The monoisotopic (exact) mass is 167 g/mol. The first kappa shape index (κ1) is 9.33. The normalized spacial score (nSPS) is 13.2. The van der Waals surface area contributed by atoms with Crippen LogP contribution in [-0.2, 0) is 12.8 Å². The van der Waals surface area contributed by atoms with Gasteiger partial charge in [0.1, 0.15) is 11.5 Å². The largest absolute Gasteiger partial charge is 0.466 e. The Morgan fingerprint density at radius 1 is 1.42 bits per heavy atom. The molecule has 0 saturated carbocycles. The zero-order valence-corrected chi connectivity index (χ0v) is 7.84. The fraction of sp³-hybridized carbons (Fsp3) is 0.600. The third kappa shape index (κ3) is 2.70. The number of aryl methyl sites for hydroxylation is 1. The average Bonchev–Trinajstić information content (AvgIpc) is 2.36. The van der Waals surface area contributed by atoms with Crippen LogP contribution >= 0.6 is 0 Å². The maximum atomic E-state index is 5.65. The summed E-state index contributed by atoms with van der Waals surface area (Å²) in [5.41, 5.74) is 5.65. The summed E-state index contributed by atoms with van der Waals surface area (Å²) < 4.78 is 5.55. The first-order valence-corrected chi connectivity index (χ1v) is 4.55. The van der Waals surface area contributed by atoms with Gasteiger partial charge >= 0.3 is 0 Å². The Labute approximate surface area is 73.8 Å². The first-order valence-electron chi connectivity index (χ1n) is 4.55. The van der Waals surface area contributed by atoms with Crippen molar-refractivity contribution < 1.29 is 4.42 Å². The standard InChI is InChI=1S/C10H17NO/c1-3-4-9-5-6-10(12-9)7-8(2)11/h5-6,8H,3-4,7,11H2,1-2H3. The summed E-state index contributed by atoms with van der Waals surface area (Å²) in [6.45, 7) is 4.13. The second-order valence-corrected chi connectivity index (χ2v) is 3.30. The van der Waals surface area contributed by atoms with Gasteiger partial charge in [0.15, 0.2) is 0 Å². The molecule has 2 nitrogen and oxygen atoms in total. The molecule has 0 aliphatic rings. The smallest absolute Gasteiger partial charge is 0.105 e. The van der Waals surface area contributed by atoms with Gasteiger partial charge in [-0.2, -0.15) is 0 Å². The van der Waals surface area contributed by atoms with E-state index in [-0.39, 0.29) is 6.04 Å². The highest BCUT2D eigenvalue weighted by atomic mass is 16.3. The van der Waals surface area contributed by atoms with Crippen molar-refractivity contribution in [1.82, 2.24) is 0 Å². The summed E-state index contributed by atoms with van der Waals surface area (Å²) in [5.74, 6) is 2.08. The molecule has 0 fully saturated rings. The van der Waals surface area contributed by atoms with E-state index in [4.69, 9.17) is 10.2 Å². The molecule has 0 aromatic carbocycles. The van der Waals surface area contributed by atoms with Crippen molar-refractivity contribution in [3.05, 3.63) is 23.7 Å². The zero-order chi connectivity index (χ0) is 8.97. The molecule has 0 bridgehead atoms. The van der Waals surface area contributed by atoms with E-state index in [0.717, 1.165) is 30.8 Å².